The van der Waals surface area contributed by atoms with Crippen LogP contribution in [0.1, 0.15) is 30.1 Å². The van der Waals surface area contributed by atoms with E-state index in [2.05, 4.69) is 41.5 Å². The van der Waals surface area contributed by atoms with E-state index >= 15 is 0 Å². The lowest BCUT2D eigenvalue weighted by molar-refractivity contribution is 0.00686. The zero-order chi connectivity index (χ0) is 13.8. The molecule has 0 aromatic heterocycles. The number of hydrogen-bond acceptors (Lipinski definition) is 3. The summed E-state index contributed by atoms with van der Waals surface area (Å²) in [5.41, 5.74) is 2.89. The molecule has 0 spiro atoms. The maximum atomic E-state index is 6.05. The van der Waals surface area contributed by atoms with E-state index in [0.29, 0.717) is 0 Å². The molecule has 1 saturated heterocycles. The fraction of sp³-hybridized carbons (Fsp3) is 0.647. The summed E-state index contributed by atoms with van der Waals surface area (Å²) in [4.78, 5) is 2.60. The summed E-state index contributed by atoms with van der Waals surface area (Å²) in [6.07, 6.45) is 4.02. The fourth-order valence-corrected chi connectivity index (χ4v) is 3.63. The van der Waals surface area contributed by atoms with Crippen molar-refractivity contribution in [2.75, 3.05) is 39.8 Å². The smallest absolute Gasteiger partial charge is 0.0954 e. The van der Waals surface area contributed by atoms with Crippen LogP contribution >= 0.6 is 0 Å². The number of hydrogen-bond donors (Lipinski definition) is 1. The maximum absolute atomic E-state index is 6.05. The third-order valence-electron chi connectivity index (χ3n) is 4.61. The van der Waals surface area contributed by atoms with Crippen molar-refractivity contribution in [3.05, 3.63) is 35.4 Å². The third-order valence-corrected chi connectivity index (χ3v) is 4.61. The Morgan fingerprint density at radius 1 is 1.35 bits per heavy atom. The van der Waals surface area contributed by atoms with Crippen LogP contribution in [0.4, 0.5) is 0 Å². The lowest BCUT2D eigenvalue weighted by Gasteiger charge is -2.36. The minimum atomic E-state index is 0.272. The van der Waals surface area contributed by atoms with Crippen LogP contribution in [0.2, 0.25) is 0 Å². The Bertz CT molecular complexity index is 433. The van der Waals surface area contributed by atoms with Crippen molar-refractivity contribution in [3.63, 3.8) is 0 Å². The quantitative estimate of drug-likeness (QED) is 0.911. The summed E-state index contributed by atoms with van der Waals surface area (Å²) in [5.74, 6) is 0.799. The minimum Gasteiger partial charge on any atom is -0.372 e. The van der Waals surface area contributed by atoms with Gasteiger partial charge in [-0.1, -0.05) is 24.3 Å². The summed E-state index contributed by atoms with van der Waals surface area (Å²) < 4.78 is 6.05. The van der Waals surface area contributed by atoms with Gasteiger partial charge in [-0.3, -0.25) is 0 Å². The van der Waals surface area contributed by atoms with Gasteiger partial charge in [0.25, 0.3) is 0 Å². The van der Waals surface area contributed by atoms with Gasteiger partial charge in [-0.25, -0.2) is 0 Å². The van der Waals surface area contributed by atoms with Crippen molar-refractivity contribution in [2.45, 2.75) is 25.4 Å². The Morgan fingerprint density at radius 2 is 2.25 bits per heavy atom. The number of piperidine rings is 1. The zero-order valence-electron chi connectivity index (χ0n) is 12.5. The molecule has 1 fully saturated rings. The number of ether oxygens (including phenoxy) is 1. The molecule has 20 heavy (non-hydrogen) atoms. The summed E-state index contributed by atoms with van der Waals surface area (Å²) >= 11 is 0. The second-order valence-corrected chi connectivity index (χ2v) is 6.13. The number of rotatable bonds is 4. The first-order valence-corrected chi connectivity index (χ1v) is 7.93. The van der Waals surface area contributed by atoms with Crippen LogP contribution in [-0.2, 0) is 11.2 Å². The SMILES string of the molecule is CNCC1CCCN(CC2OCCc3ccccc32)C1. The lowest BCUT2D eigenvalue weighted by atomic mass is 9.94. The third kappa shape index (κ3) is 3.22. The average molecular weight is 274 g/mol. The Balaban J connectivity index is 1.63. The van der Waals surface area contributed by atoms with Gasteiger partial charge in [0.1, 0.15) is 0 Å². The van der Waals surface area contributed by atoms with Gasteiger partial charge >= 0.3 is 0 Å². The number of fused-ring (bicyclic) bond motifs is 1. The van der Waals surface area contributed by atoms with E-state index in [1.807, 2.05) is 0 Å². The molecule has 1 N–H and O–H groups in total. The van der Waals surface area contributed by atoms with Crippen molar-refractivity contribution in [2.24, 2.45) is 5.92 Å². The Hall–Kier alpha value is -0.900. The molecule has 2 aliphatic rings. The van der Waals surface area contributed by atoms with Crippen LogP contribution in [-0.4, -0.2) is 44.7 Å². The highest BCUT2D eigenvalue weighted by atomic mass is 16.5. The Kier molecular flexibility index (Phi) is 4.71. The fourth-order valence-electron chi connectivity index (χ4n) is 3.63. The van der Waals surface area contributed by atoms with E-state index in [0.717, 1.165) is 32.0 Å². The first-order valence-electron chi connectivity index (χ1n) is 7.93. The predicted octanol–water partition coefficient (Wildman–Crippen LogP) is 2.23. The van der Waals surface area contributed by atoms with Crippen LogP contribution in [0.25, 0.3) is 0 Å². The van der Waals surface area contributed by atoms with E-state index in [4.69, 9.17) is 4.74 Å². The monoisotopic (exact) mass is 274 g/mol. The second-order valence-electron chi connectivity index (χ2n) is 6.13. The maximum Gasteiger partial charge on any atom is 0.0954 e. The molecule has 0 radical (unpaired) electrons. The standard InChI is InChI=1S/C17H26N2O/c1-18-11-14-5-4-9-19(12-14)13-17-16-7-3-2-6-15(16)8-10-20-17/h2-3,6-7,14,17-18H,4-5,8-13H2,1H3. The molecular formula is C17H26N2O. The van der Waals surface area contributed by atoms with Gasteiger partial charge in [0.15, 0.2) is 0 Å². The Morgan fingerprint density at radius 3 is 3.15 bits per heavy atom. The van der Waals surface area contributed by atoms with Crippen molar-refractivity contribution >= 4 is 0 Å². The highest BCUT2D eigenvalue weighted by Gasteiger charge is 2.26. The van der Waals surface area contributed by atoms with Crippen LogP contribution in [0.5, 0.6) is 0 Å². The second kappa shape index (κ2) is 6.70. The van der Waals surface area contributed by atoms with Gasteiger partial charge in [-0.15, -0.1) is 0 Å². The summed E-state index contributed by atoms with van der Waals surface area (Å²) in [5, 5.41) is 3.32. The largest absolute Gasteiger partial charge is 0.372 e. The first-order chi connectivity index (χ1) is 9.86. The van der Waals surface area contributed by atoms with Gasteiger partial charge < -0.3 is 15.0 Å². The zero-order valence-corrected chi connectivity index (χ0v) is 12.5. The Labute approximate surface area is 122 Å². The van der Waals surface area contributed by atoms with Gasteiger partial charge in [0.2, 0.25) is 0 Å². The molecule has 0 aliphatic carbocycles. The van der Waals surface area contributed by atoms with Crippen LogP contribution in [0.3, 0.4) is 0 Å². The van der Waals surface area contributed by atoms with Gasteiger partial charge in [-0.2, -0.15) is 0 Å². The number of nitrogens with zero attached hydrogens (tertiary/aromatic N) is 1. The molecular weight excluding hydrogens is 248 g/mol. The molecule has 3 nitrogen and oxygen atoms in total. The van der Waals surface area contributed by atoms with E-state index < -0.39 is 0 Å². The van der Waals surface area contributed by atoms with Crippen LogP contribution in [0, 0.1) is 5.92 Å². The number of benzene rings is 1. The van der Waals surface area contributed by atoms with Gasteiger partial charge in [-0.05, 0) is 56.4 Å². The molecule has 0 bridgehead atoms. The van der Waals surface area contributed by atoms with Gasteiger partial charge in [0, 0.05) is 13.1 Å². The minimum absolute atomic E-state index is 0.272. The highest BCUT2D eigenvalue weighted by Crippen LogP contribution is 2.29. The van der Waals surface area contributed by atoms with Crippen LogP contribution < -0.4 is 5.32 Å². The molecule has 2 heterocycles. The number of likely N-dealkylation sites (tertiary alicyclic amines) is 1. The van der Waals surface area contributed by atoms with E-state index in [-0.39, 0.29) is 6.10 Å². The topological polar surface area (TPSA) is 24.5 Å². The van der Waals surface area contributed by atoms with Crippen LogP contribution in [0.15, 0.2) is 24.3 Å². The normalized spacial score (nSPS) is 27.2. The molecule has 1 aromatic rings. The van der Waals surface area contributed by atoms with Crippen molar-refractivity contribution in [1.29, 1.82) is 0 Å². The number of nitrogens with one attached hydrogen (secondary N) is 1. The molecule has 2 unspecified atom stereocenters. The van der Waals surface area contributed by atoms with Crippen molar-refractivity contribution < 1.29 is 4.74 Å². The highest BCUT2D eigenvalue weighted by molar-refractivity contribution is 5.31. The van der Waals surface area contributed by atoms with Gasteiger partial charge in [0.05, 0.1) is 12.7 Å². The molecule has 1 aromatic carbocycles. The summed E-state index contributed by atoms with van der Waals surface area (Å²) in [7, 11) is 2.05. The molecule has 3 heteroatoms. The molecule has 0 amide bonds. The van der Waals surface area contributed by atoms with E-state index in [1.54, 1.807) is 0 Å². The van der Waals surface area contributed by atoms with Crippen molar-refractivity contribution in [1.82, 2.24) is 10.2 Å². The first kappa shape index (κ1) is 14.1. The lowest BCUT2D eigenvalue weighted by Crippen LogP contribution is -2.41. The molecule has 2 aliphatic heterocycles. The molecule has 3 rings (SSSR count). The van der Waals surface area contributed by atoms with E-state index in [9.17, 15) is 0 Å². The van der Waals surface area contributed by atoms with Crippen molar-refractivity contribution in [3.8, 4) is 0 Å². The summed E-state index contributed by atoms with van der Waals surface area (Å²) in [6, 6.07) is 8.78. The predicted molar refractivity (Wildman–Crippen MR) is 81.9 cm³/mol. The molecule has 2 atom stereocenters. The molecule has 110 valence electrons. The average Bonchev–Trinajstić information content (AvgIpc) is 2.48. The summed E-state index contributed by atoms with van der Waals surface area (Å²) in [6.45, 7) is 5.50. The molecule has 0 saturated carbocycles. The van der Waals surface area contributed by atoms with E-state index in [1.165, 1.54) is 37.1 Å².